The summed E-state index contributed by atoms with van der Waals surface area (Å²) in [5.74, 6) is 0. The molecule has 3 heteroatoms. The SMILES string of the molecule is CCNCC(C)N1CCC(OC)CC1. The Morgan fingerprint density at radius 1 is 1.43 bits per heavy atom. The topological polar surface area (TPSA) is 24.5 Å². The minimum absolute atomic E-state index is 0.498. The van der Waals surface area contributed by atoms with Crippen LogP contribution in [-0.2, 0) is 4.74 Å². The Bertz CT molecular complexity index is 144. The highest BCUT2D eigenvalue weighted by Crippen LogP contribution is 2.14. The van der Waals surface area contributed by atoms with Gasteiger partial charge in [-0.2, -0.15) is 0 Å². The number of rotatable bonds is 5. The van der Waals surface area contributed by atoms with Crippen molar-refractivity contribution in [3.63, 3.8) is 0 Å². The zero-order valence-corrected chi connectivity index (χ0v) is 9.75. The van der Waals surface area contributed by atoms with Crippen LogP contribution in [0.3, 0.4) is 0 Å². The highest BCUT2D eigenvalue weighted by Gasteiger charge is 2.21. The van der Waals surface area contributed by atoms with Gasteiger partial charge in [0.05, 0.1) is 6.10 Å². The van der Waals surface area contributed by atoms with Gasteiger partial charge in [0.25, 0.3) is 0 Å². The molecule has 0 aliphatic carbocycles. The van der Waals surface area contributed by atoms with Gasteiger partial charge in [0.2, 0.25) is 0 Å². The predicted molar refractivity (Wildman–Crippen MR) is 59.6 cm³/mol. The number of nitrogens with one attached hydrogen (secondary N) is 1. The van der Waals surface area contributed by atoms with E-state index in [1.165, 1.54) is 25.9 Å². The molecule has 0 saturated carbocycles. The lowest BCUT2D eigenvalue weighted by molar-refractivity contribution is 0.0299. The van der Waals surface area contributed by atoms with E-state index in [9.17, 15) is 0 Å². The Hall–Kier alpha value is -0.120. The number of nitrogens with zero attached hydrogens (tertiary/aromatic N) is 1. The Balaban J connectivity index is 2.19. The molecule has 0 aromatic heterocycles. The molecule has 0 spiro atoms. The fourth-order valence-electron chi connectivity index (χ4n) is 2.03. The zero-order valence-electron chi connectivity index (χ0n) is 9.75. The Labute approximate surface area is 87.8 Å². The molecule has 0 radical (unpaired) electrons. The number of methoxy groups -OCH3 is 1. The van der Waals surface area contributed by atoms with E-state index < -0.39 is 0 Å². The van der Waals surface area contributed by atoms with Gasteiger partial charge in [-0.25, -0.2) is 0 Å². The van der Waals surface area contributed by atoms with Crippen LogP contribution in [0.4, 0.5) is 0 Å². The van der Waals surface area contributed by atoms with Crippen LogP contribution >= 0.6 is 0 Å². The molecular weight excluding hydrogens is 176 g/mol. The molecule has 3 nitrogen and oxygen atoms in total. The fraction of sp³-hybridized carbons (Fsp3) is 1.00. The molecule has 0 aromatic rings. The molecule has 1 rings (SSSR count). The largest absolute Gasteiger partial charge is 0.381 e. The highest BCUT2D eigenvalue weighted by molar-refractivity contribution is 4.77. The van der Waals surface area contributed by atoms with Crippen LogP contribution in [-0.4, -0.2) is 50.3 Å². The number of likely N-dealkylation sites (N-methyl/N-ethyl adjacent to an activating group) is 1. The minimum atomic E-state index is 0.498. The van der Waals surface area contributed by atoms with Crippen molar-refractivity contribution < 1.29 is 4.74 Å². The molecule has 1 aliphatic heterocycles. The first kappa shape index (κ1) is 12.0. The molecule has 1 N–H and O–H groups in total. The summed E-state index contributed by atoms with van der Waals surface area (Å²) < 4.78 is 5.36. The monoisotopic (exact) mass is 200 g/mol. The average Bonchev–Trinajstić information content (AvgIpc) is 2.26. The molecule has 1 saturated heterocycles. The third kappa shape index (κ3) is 3.56. The second kappa shape index (κ2) is 6.38. The lowest BCUT2D eigenvalue weighted by atomic mass is 10.1. The van der Waals surface area contributed by atoms with Gasteiger partial charge >= 0.3 is 0 Å². The molecule has 0 amide bonds. The predicted octanol–water partition coefficient (Wildman–Crippen LogP) is 1.10. The number of ether oxygens (including phenoxy) is 1. The molecule has 1 aliphatic rings. The first-order chi connectivity index (χ1) is 6.77. The van der Waals surface area contributed by atoms with Crippen molar-refractivity contribution in [1.29, 1.82) is 0 Å². The molecule has 0 bridgehead atoms. The molecule has 1 unspecified atom stereocenters. The van der Waals surface area contributed by atoms with E-state index in [1.807, 2.05) is 7.11 Å². The number of likely N-dealkylation sites (tertiary alicyclic amines) is 1. The maximum Gasteiger partial charge on any atom is 0.0595 e. The van der Waals surface area contributed by atoms with E-state index in [2.05, 4.69) is 24.1 Å². The van der Waals surface area contributed by atoms with E-state index >= 15 is 0 Å². The minimum Gasteiger partial charge on any atom is -0.381 e. The number of hydrogen-bond donors (Lipinski definition) is 1. The highest BCUT2D eigenvalue weighted by atomic mass is 16.5. The first-order valence-corrected chi connectivity index (χ1v) is 5.75. The summed E-state index contributed by atoms with van der Waals surface area (Å²) in [6, 6.07) is 0.660. The average molecular weight is 200 g/mol. The van der Waals surface area contributed by atoms with Gasteiger partial charge < -0.3 is 10.1 Å². The van der Waals surface area contributed by atoms with Crippen LogP contribution in [0.1, 0.15) is 26.7 Å². The molecule has 1 heterocycles. The Morgan fingerprint density at radius 3 is 2.57 bits per heavy atom. The van der Waals surface area contributed by atoms with Gasteiger partial charge in [0, 0.05) is 32.8 Å². The molecule has 14 heavy (non-hydrogen) atoms. The Morgan fingerprint density at radius 2 is 2.07 bits per heavy atom. The van der Waals surface area contributed by atoms with Gasteiger partial charge in [0.15, 0.2) is 0 Å². The normalized spacial score (nSPS) is 22.5. The van der Waals surface area contributed by atoms with Gasteiger partial charge in [-0.15, -0.1) is 0 Å². The van der Waals surface area contributed by atoms with Crippen LogP contribution in [0.5, 0.6) is 0 Å². The van der Waals surface area contributed by atoms with E-state index in [4.69, 9.17) is 4.74 Å². The quantitative estimate of drug-likeness (QED) is 0.719. The van der Waals surface area contributed by atoms with Crippen LogP contribution < -0.4 is 5.32 Å². The van der Waals surface area contributed by atoms with Crippen LogP contribution in [0.25, 0.3) is 0 Å². The van der Waals surface area contributed by atoms with Crippen molar-refractivity contribution >= 4 is 0 Å². The molecule has 0 aromatic carbocycles. The van der Waals surface area contributed by atoms with Crippen molar-refractivity contribution in [2.45, 2.75) is 38.8 Å². The van der Waals surface area contributed by atoms with Crippen LogP contribution in [0.15, 0.2) is 0 Å². The Kier molecular flexibility index (Phi) is 5.45. The lowest BCUT2D eigenvalue weighted by Gasteiger charge is -2.35. The van der Waals surface area contributed by atoms with E-state index in [1.54, 1.807) is 0 Å². The zero-order chi connectivity index (χ0) is 10.4. The maximum atomic E-state index is 5.36. The van der Waals surface area contributed by atoms with Crippen molar-refractivity contribution in [2.24, 2.45) is 0 Å². The standard InChI is InChI=1S/C11H24N2O/c1-4-12-9-10(2)13-7-5-11(14-3)6-8-13/h10-12H,4-9H2,1-3H3. The van der Waals surface area contributed by atoms with E-state index in [0.29, 0.717) is 12.1 Å². The first-order valence-electron chi connectivity index (χ1n) is 5.75. The summed E-state index contributed by atoms with van der Waals surface area (Å²) in [5, 5.41) is 3.40. The second-order valence-corrected chi connectivity index (χ2v) is 4.13. The maximum absolute atomic E-state index is 5.36. The summed E-state index contributed by atoms with van der Waals surface area (Å²) in [5.41, 5.74) is 0. The smallest absolute Gasteiger partial charge is 0.0595 e. The lowest BCUT2D eigenvalue weighted by Crippen LogP contribution is -2.46. The summed E-state index contributed by atoms with van der Waals surface area (Å²) in [7, 11) is 1.82. The third-order valence-corrected chi connectivity index (χ3v) is 3.12. The molecule has 84 valence electrons. The fourth-order valence-corrected chi connectivity index (χ4v) is 2.03. The van der Waals surface area contributed by atoms with E-state index in [-0.39, 0.29) is 0 Å². The second-order valence-electron chi connectivity index (χ2n) is 4.13. The van der Waals surface area contributed by atoms with Gasteiger partial charge in [-0.1, -0.05) is 6.92 Å². The van der Waals surface area contributed by atoms with E-state index in [0.717, 1.165) is 13.1 Å². The summed E-state index contributed by atoms with van der Waals surface area (Å²) >= 11 is 0. The van der Waals surface area contributed by atoms with Crippen molar-refractivity contribution in [3.05, 3.63) is 0 Å². The summed E-state index contributed by atoms with van der Waals surface area (Å²) in [4.78, 5) is 2.55. The molecule has 1 fully saturated rings. The van der Waals surface area contributed by atoms with Crippen LogP contribution in [0.2, 0.25) is 0 Å². The molecule has 1 atom stereocenters. The van der Waals surface area contributed by atoms with Gasteiger partial charge in [-0.3, -0.25) is 4.90 Å². The van der Waals surface area contributed by atoms with Crippen molar-refractivity contribution in [3.8, 4) is 0 Å². The van der Waals surface area contributed by atoms with Crippen molar-refractivity contribution in [1.82, 2.24) is 10.2 Å². The van der Waals surface area contributed by atoms with Crippen LogP contribution in [0, 0.1) is 0 Å². The van der Waals surface area contributed by atoms with Crippen molar-refractivity contribution in [2.75, 3.05) is 33.3 Å². The summed E-state index contributed by atoms with van der Waals surface area (Å²) in [6.07, 6.45) is 2.87. The van der Waals surface area contributed by atoms with Gasteiger partial charge in [0.1, 0.15) is 0 Å². The number of piperidine rings is 1. The third-order valence-electron chi connectivity index (χ3n) is 3.12. The molecular formula is C11H24N2O. The number of hydrogen-bond acceptors (Lipinski definition) is 3. The van der Waals surface area contributed by atoms with Gasteiger partial charge in [-0.05, 0) is 26.3 Å². The summed E-state index contributed by atoms with van der Waals surface area (Å²) in [6.45, 7) is 9.00.